The molecule has 2 saturated carbocycles. The fraction of sp³-hybridized carbons (Fsp3) is 0.529. The molecule has 1 saturated heterocycles. The van der Waals surface area contributed by atoms with E-state index in [1.54, 1.807) is 0 Å². The van der Waals surface area contributed by atoms with Gasteiger partial charge in [0.1, 0.15) is 0 Å². The van der Waals surface area contributed by atoms with Gasteiger partial charge >= 0.3 is 0 Å². The number of amides is 2. The van der Waals surface area contributed by atoms with Gasteiger partial charge in [0.15, 0.2) is 0 Å². The Morgan fingerprint density at radius 1 is 0.950 bits per heavy atom. The first-order chi connectivity index (χ1) is 9.59. The summed E-state index contributed by atoms with van der Waals surface area (Å²) < 4.78 is 0. The molecule has 3 aliphatic rings. The molecule has 2 bridgehead atoms. The van der Waals surface area contributed by atoms with E-state index in [1.165, 1.54) is 4.90 Å². The Morgan fingerprint density at radius 3 is 1.95 bits per heavy atom. The van der Waals surface area contributed by atoms with Gasteiger partial charge in [-0.3, -0.25) is 9.59 Å². The SMILES string of the molecule is Cc1cccc(C)c1N1C(=O)C2C3CCC(C3)C2C1=O. The number of rotatable bonds is 1. The molecule has 0 aromatic heterocycles. The first-order valence-corrected chi connectivity index (χ1v) is 7.53. The van der Waals surface area contributed by atoms with Crippen molar-refractivity contribution >= 4 is 17.5 Å². The fourth-order valence-corrected chi connectivity index (χ4v) is 4.79. The van der Waals surface area contributed by atoms with Crippen LogP contribution in [0.2, 0.25) is 0 Å². The average molecular weight is 269 g/mol. The van der Waals surface area contributed by atoms with E-state index in [4.69, 9.17) is 0 Å². The van der Waals surface area contributed by atoms with Gasteiger partial charge in [-0.05, 0) is 56.1 Å². The minimum atomic E-state index is -0.0275. The van der Waals surface area contributed by atoms with E-state index >= 15 is 0 Å². The van der Waals surface area contributed by atoms with Crippen LogP contribution in [0.15, 0.2) is 18.2 Å². The molecule has 20 heavy (non-hydrogen) atoms. The Morgan fingerprint density at radius 2 is 1.45 bits per heavy atom. The largest absolute Gasteiger partial charge is 0.274 e. The molecule has 0 spiro atoms. The first-order valence-electron chi connectivity index (χ1n) is 7.53. The van der Waals surface area contributed by atoms with E-state index in [2.05, 4.69) is 0 Å². The number of fused-ring (bicyclic) bond motifs is 5. The highest BCUT2D eigenvalue weighted by Gasteiger charge is 2.61. The maximum Gasteiger partial charge on any atom is 0.237 e. The van der Waals surface area contributed by atoms with Gasteiger partial charge in [0.05, 0.1) is 17.5 Å². The maximum atomic E-state index is 12.8. The van der Waals surface area contributed by atoms with Crippen molar-refractivity contribution in [2.24, 2.45) is 23.7 Å². The highest BCUT2D eigenvalue weighted by Crippen LogP contribution is 2.56. The van der Waals surface area contributed by atoms with Gasteiger partial charge in [-0.1, -0.05) is 18.2 Å². The minimum absolute atomic E-state index is 0.0275. The summed E-state index contributed by atoms with van der Waals surface area (Å²) >= 11 is 0. The van der Waals surface area contributed by atoms with Crippen molar-refractivity contribution in [1.82, 2.24) is 0 Å². The molecule has 4 atom stereocenters. The topological polar surface area (TPSA) is 37.4 Å². The number of para-hydroxylation sites is 1. The van der Waals surface area contributed by atoms with Crippen molar-refractivity contribution in [3.8, 4) is 0 Å². The van der Waals surface area contributed by atoms with Crippen LogP contribution in [0.3, 0.4) is 0 Å². The number of imide groups is 1. The van der Waals surface area contributed by atoms with Crippen molar-refractivity contribution in [3.05, 3.63) is 29.3 Å². The summed E-state index contributed by atoms with van der Waals surface area (Å²) in [5.74, 6) is 0.973. The zero-order valence-electron chi connectivity index (χ0n) is 11.9. The molecule has 4 unspecified atom stereocenters. The Bertz CT molecular complexity index is 573. The Kier molecular flexibility index (Phi) is 2.39. The molecule has 1 aliphatic heterocycles. The Balaban J connectivity index is 1.81. The Hall–Kier alpha value is -1.64. The smallest absolute Gasteiger partial charge is 0.237 e. The first kappa shape index (κ1) is 12.1. The van der Waals surface area contributed by atoms with Crippen molar-refractivity contribution in [2.45, 2.75) is 33.1 Å². The number of nitrogens with zero attached hydrogens (tertiary/aromatic N) is 1. The van der Waals surface area contributed by atoms with Gasteiger partial charge in [0.2, 0.25) is 11.8 Å². The predicted octanol–water partition coefficient (Wildman–Crippen LogP) is 2.84. The fourth-order valence-electron chi connectivity index (χ4n) is 4.79. The number of anilines is 1. The summed E-state index contributed by atoms with van der Waals surface area (Å²) in [7, 11) is 0. The number of carbonyl (C=O) groups is 2. The highest BCUT2D eigenvalue weighted by molar-refractivity contribution is 6.23. The second kappa shape index (κ2) is 3.94. The van der Waals surface area contributed by atoms with Gasteiger partial charge in [0, 0.05) is 0 Å². The quantitative estimate of drug-likeness (QED) is 0.735. The van der Waals surface area contributed by atoms with Crippen LogP contribution in [-0.2, 0) is 9.59 Å². The monoisotopic (exact) mass is 269 g/mol. The number of carbonyl (C=O) groups excluding carboxylic acids is 2. The molecule has 4 rings (SSSR count). The van der Waals surface area contributed by atoms with Crippen LogP contribution in [0.1, 0.15) is 30.4 Å². The van der Waals surface area contributed by atoms with Crippen LogP contribution in [0, 0.1) is 37.5 Å². The molecular weight excluding hydrogens is 250 g/mol. The summed E-state index contributed by atoms with van der Waals surface area (Å²) in [5.41, 5.74) is 2.86. The molecule has 3 nitrogen and oxygen atoms in total. The van der Waals surface area contributed by atoms with Gasteiger partial charge in [0.25, 0.3) is 0 Å². The van der Waals surface area contributed by atoms with Crippen molar-refractivity contribution in [3.63, 3.8) is 0 Å². The molecule has 1 heterocycles. The van der Waals surface area contributed by atoms with Crippen LogP contribution in [0.5, 0.6) is 0 Å². The van der Waals surface area contributed by atoms with Crippen molar-refractivity contribution < 1.29 is 9.59 Å². The molecule has 1 aromatic rings. The van der Waals surface area contributed by atoms with Gasteiger partial charge in [-0.2, -0.15) is 0 Å². The summed E-state index contributed by atoms with van der Waals surface area (Å²) in [4.78, 5) is 27.1. The van der Waals surface area contributed by atoms with Crippen LogP contribution < -0.4 is 4.90 Å². The zero-order chi connectivity index (χ0) is 14.0. The molecular formula is C17H19NO2. The van der Waals surface area contributed by atoms with E-state index in [1.807, 2.05) is 32.0 Å². The molecule has 104 valence electrons. The lowest BCUT2D eigenvalue weighted by atomic mass is 9.81. The standard InChI is InChI=1S/C17H19NO2/c1-9-4-3-5-10(2)15(9)18-16(19)13-11-6-7-12(8-11)14(13)17(18)20/h3-5,11-14H,6-8H2,1-2H3. The number of aryl methyl sites for hydroxylation is 2. The Labute approximate surface area is 119 Å². The molecule has 1 aromatic carbocycles. The third kappa shape index (κ3) is 1.36. The minimum Gasteiger partial charge on any atom is -0.274 e. The highest BCUT2D eigenvalue weighted by atomic mass is 16.2. The third-order valence-corrected chi connectivity index (χ3v) is 5.59. The van der Waals surface area contributed by atoms with Gasteiger partial charge in [-0.15, -0.1) is 0 Å². The molecule has 2 aliphatic carbocycles. The molecule has 2 amide bonds. The number of hydrogen-bond acceptors (Lipinski definition) is 2. The lowest BCUT2D eigenvalue weighted by Crippen LogP contribution is -2.33. The number of benzene rings is 1. The van der Waals surface area contributed by atoms with Crippen LogP contribution in [0.4, 0.5) is 5.69 Å². The lowest BCUT2D eigenvalue weighted by molar-refractivity contribution is -0.123. The van der Waals surface area contributed by atoms with Crippen molar-refractivity contribution in [2.75, 3.05) is 4.90 Å². The average Bonchev–Trinajstić information content (AvgIpc) is 3.07. The second-order valence-electron chi connectivity index (χ2n) is 6.64. The van der Waals surface area contributed by atoms with Gasteiger partial charge < -0.3 is 0 Å². The van der Waals surface area contributed by atoms with E-state index in [0.29, 0.717) is 11.8 Å². The molecule has 0 N–H and O–H groups in total. The lowest BCUT2D eigenvalue weighted by Gasteiger charge is -2.21. The van der Waals surface area contributed by atoms with E-state index in [9.17, 15) is 9.59 Å². The van der Waals surface area contributed by atoms with E-state index in [0.717, 1.165) is 36.1 Å². The summed E-state index contributed by atoms with van der Waals surface area (Å²) in [6.45, 7) is 3.96. The van der Waals surface area contributed by atoms with Crippen LogP contribution in [-0.4, -0.2) is 11.8 Å². The molecule has 3 heteroatoms. The van der Waals surface area contributed by atoms with Crippen molar-refractivity contribution in [1.29, 1.82) is 0 Å². The number of hydrogen-bond donors (Lipinski definition) is 0. The third-order valence-electron chi connectivity index (χ3n) is 5.59. The normalized spacial score (nSPS) is 35.0. The van der Waals surface area contributed by atoms with Gasteiger partial charge in [-0.25, -0.2) is 4.90 Å². The second-order valence-corrected chi connectivity index (χ2v) is 6.64. The summed E-state index contributed by atoms with van der Waals surface area (Å²) in [6.07, 6.45) is 3.35. The zero-order valence-corrected chi connectivity index (χ0v) is 11.9. The molecule has 3 fully saturated rings. The van der Waals surface area contributed by atoms with Crippen LogP contribution >= 0.6 is 0 Å². The van der Waals surface area contributed by atoms with E-state index < -0.39 is 0 Å². The summed E-state index contributed by atoms with van der Waals surface area (Å²) in [5, 5.41) is 0. The summed E-state index contributed by atoms with van der Waals surface area (Å²) in [6, 6.07) is 5.93. The van der Waals surface area contributed by atoms with E-state index in [-0.39, 0.29) is 23.7 Å². The predicted molar refractivity (Wildman–Crippen MR) is 76.2 cm³/mol. The maximum absolute atomic E-state index is 12.8. The molecule has 0 radical (unpaired) electrons. The van der Waals surface area contributed by atoms with Crippen LogP contribution in [0.25, 0.3) is 0 Å².